The number of ketones is 1. The fourth-order valence-electron chi connectivity index (χ4n) is 4.31. The Hall–Kier alpha value is -3.35. The van der Waals surface area contributed by atoms with E-state index in [2.05, 4.69) is 4.98 Å². The second-order valence-corrected chi connectivity index (χ2v) is 8.35. The van der Waals surface area contributed by atoms with E-state index in [4.69, 9.17) is 0 Å². The van der Waals surface area contributed by atoms with Crippen molar-refractivity contribution in [2.45, 2.75) is 39.0 Å². The van der Waals surface area contributed by atoms with Gasteiger partial charge in [-0.05, 0) is 29.5 Å². The maximum atomic E-state index is 13.2. The van der Waals surface area contributed by atoms with Crippen LogP contribution in [0.25, 0.3) is 0 Å². The number of non-ortho nitro benzene ring substituents is 1. The number of nitro groups is 1. The molecule has 1 aliphatic heterocycles. The van der Waals surface area contributed by atoms with Gasteiger partial charge >= 0.3 is 0 Å². The van der Waals surface area contributed by atoms with Gasteiger partial charge in [0.05, 0.1) is 16.8 Å². The number of Topliss-reactive ketones (excluding diaryl/α,β-unsaturated/α-hetero) is 1. The van der Waals surface area contributed by atoms with Crippen molar-refractivity contribution in [3.8, 4) is 0 Å². The van der Waals surface area contributed by atoms with Crippen molar-refractivity contribution in [2.75, 3.05) is 4.90 Å². The Balaban J connectivity index is 1.85. The van der Waals surface area contributed by atoms with Crippen molar-refractivity contribution in [2.24, 2.45) is 5.41 Å². The highest BCUT2D eigenvalue weighted by Crippen LogP contribution is 2.48. The highest BCUT2D eigenvalue weighted by molar-refractivity contribution is 6.07. The molecule has 0 fully saturated rings. The summed E-state index contributed by atoms with van der Waals surface area (Å²) in [7, 11) is 0. The minimum absolute atomic E-state index is 0.0156. The first kappa shape index (κ1) is 19.0. The predicted octanol–water partition coefficient (Wildman–Crippen LogP) is 4.15. The van der Waals surface area contributed by atoms with Crippen LogP contribution < -0.4 is 4.90 Å². The molecular formula is C22H21N3O4. The number of nitro benzene ring substituents is 1. The Bertz CT molecular complexity index is 1030. The van der Waals surface area contributed by atoms with E-state index in [9.17, 15) is 19.7 Å². The van der Waals surface area contributed by atoms with Crippen LogP contribution in [0.3, 0.4) is 0 Å². The van der Waals surface area contributed by atoms with Gasteiger partial charge in [-0.3, -0.25) is 29.6 Å². The van der Waals surface area contributed by atoms with E-state index in [0.717, 1.165) is 11.3 Å². The van der Waals surface area contributed by atoms with Gasteiger partial charge in [-0.1, -0.05) is 26.0 Å². The second-order valence-electron chi connectivity index (χ2n) is 8.35. The van der Waals surface area contributed by atoms with Crippen molar-refractivity contribution in [1.29, 1.82) is 0 Å². The zero-order valence-electron chi connectivity index (χ0n) is 16.3. The monoisotopic (exact) mass is 391 g/mol. The molecule has 0 N–H and O–H groups in total. The Labute approximate surface area is 168 Å². The number of anilines is 1. The highest BCUT2D eigenvalue weighted by Gasteiger charge is 2.44. The van der Waals surface area contributed by atoms with E-state index in [1.807, 2.05) is 19.9 Å². The van der Waals surface area contributed by atoms with Crippen LogP contribution in [0.2, 0.25) is 0 Å². The highest BCUT2D eigenvalue weighted by atomic mass is 16.6. The lowest BCUT2D eigenvalue weighted by Crippen LogP contribution is -2.43. The normalized spacial score (nSPS) is 21.2. The van der Waals surface area contributed by atoms with Crippen LogP contribution in [0, 0.1) is 15.5 Å². The molecule has 7 nitrogen and oxygen atoms in total. The molecule has 0 saturated carbocycles. The zero-order valence-corrected chi connectivity index (χ0v) is 16.3. The lowest BCUT2D eigenvalue weighted by Gasteiger charge is -2.42. The van der Waals surface area contributed by atoms with E-state index in [-0.39, 0.29) is 29.2 Å². The van der Waals surface area contributed by atoms with Gasteiger partial charge in [0, 0.05) is 48.4 Å². The molecule has 1 aliphatic carbocycles. The third kappa shape index (κ3) is 3.44. The van der Waals surface area contributed by atoms with Crippen molar-refractivity contribution < 1.29 is 14.5 Å². The van der Waals surface area contributed by atoms with Gasteiger partial charge in [-0.15, -0.1) is 0 Å². The van der Waals surface area contributed by atoms with Crippen molar-refractivity contribution in [3.63, 3.8) is 0 Å². The Morgan fingerprint density at radius 1 is 1.14 bits per heavy atom. The number of carbonyl (C=O) groups is 2. The molecule has 7 heteroatoms. The van der Waals surface area contributed by atoms with Gasteiger partial charge in [0.15, 0.2) is 5.78 Å². The Morgan fingerprint density at radius 3 is 2.48 bits per heavy atom. The van der Waals surface area contributed by atoms with Crippen LogP contribution >= 0.6 is 0 Å². The number of hydrogen-bond donors (Lipinski definition) is 0. The predicted molar refractivity (Wildman–Crippen MR) is 107 cm³/mol. The molecule has 1 atom stereocenters. The summed E-state index contributed by atoms with van der Waals surface area (Å²) in [4.78, 5) is 42.6. The van der Waals surface area contributed by atoms with E-state index in [1.165, 1.54) is 12.1 Å². The van der Waals surface area contributed by atoms with Crippen molar-refractivity contribution >= 4 is 23.1 Å². The molecule has 2 aliphatic rings. The molecule has 1 unspecified atom stereocenters. The van der Waals surface area contributed by atoms with Crippen molar-refractivity contribution in [1.82, 2.24) is 4.98 Å². The smallest absolute Gasteiger partial charge is 0.269 e. The molecular weight excluding hydrogens is 370 g/mol. The molecule has 0 bridgehead atoms. The SMILES string of the molecule is CC1(C)CC(=O)C2=C(C1)N(c1cccnc1)C(=O)CC2c1ccc([N+](=O)[O-])cc1. The number of nitrogens with zero attached hydrogens (tertiary/aromatic N) is 3. The quantitative estimate of drug-likeness (QED) is 0.579. The summed E-state index contributed by atoms with van der Waals surface area (Å²) in [5, 5.41) is 11.0. The number of benzene rings is 1. The molecule has 1 aromatic heterocycles. The largest absolute Gasteiger partial charge is 0.294 e. The minimum Gasteiger partial charge on any atom is -0.294 e. The van der Waals surface area contributed by atoms with Gasteiger partial charge in [0.25, 0.3) is 5.69 Å². The van der Waals surface area contributed by atoms with Crippen LogP contribution in [0.1, 0.15) is 44.6 Å². The van der Waals surface area contributed by atoms with Gasteiger partial charge < -0.3 is 0 Å². The minimum atomic E-state index is -0.459. The number of aromatic nitrogens is 1. The van der Waals surface area contributed by atoms with Gasteiger partial charge in [-0.2, -0.15) is 0 Å². The van der Waals surface area contributed by atoms with Crippen LogP contribution in [0.5, 0.6) is 0 Å². The summed E-state index contributed by atoms with van der Waals surface area (Å²) < 4.78 is 0. The lowest BCUT2D eigenvalue weighted by molar-refractivity contribution is -0.384. The number of allylic oxidation sites excluding steroid dienone is 2. The topological polar surface area (TPSA) is 93.4 Å². The first-order valence-corrected chi connectivity index (χ1v) is 9.50. The number of rotatable bonds is 3. The number of amides is 1. The van der Waals surface area contributed by atoms with E-state index in [1.54, 1.807) is 35.5 Å². The summed E-state index contributed by atoms with van der Waals surface area (Å²) in [5.74, 6) is -0.471. The first-order chi connectivity index (χ1) is 13.8. The van der Waals surface area contributed by atoms with Crippen LogP contribution in [0.15, 0.2) is 60.1 Å². The van der Waals surface area contributed by atoms with Crippen molar-refractivity contribution in [3.05, 3.63) is 75.7 Å². The number of hydrogen-bond acceptors (Lipinski definition) is 5. The fraction of sp³-hybridized carbons (Fsp3) is 0.318. The van der Waals surface area contributed by atoms with Crippen LogP contribution in [-0.2, 0) is 9.59 Å². The molecule has 1 amide bonds. The fourth-order valence-corrected chi connectivity index (χ4v) is 4.31. The van der Waals surface area contributed by atoms with Gasteiger partial charge in [0.1, 0.15) is 0 Å². The zero-order chi connectivity index (χ0) is 20.8. The third-order valence-electron chi connectivity index (χ3n) is 5.55. The van der Waals surface area contributed by atoms with E-state index in [0.29, 0.717) is 24.1 Å². The molecule has 29 heavy (non-hydrogen) atoms. The Kier molecular flexibility index (Phi) is 4.53. The molecule has 4 rings (SSSR count). The summed E-state index contributed by atoms with van der Waals surface area (Å²) in [6.45, 7) is 4.05. The first-order valence-electron chi connectivity index (χ1n) is 9.50. The van der Waals surface area contributed by atoms with Crippen LogP contribution in [0.4, 0.5) is 11.4 Å². The number of pyridine rings is 1. The summed E-state index contributed by atoms with van der Waals surface area (Å²) in [6, 6.07) is 9.71. The van der Waals surface area contributed by atoms with Gasteiger partial charge in [-0.25, -0.2) is 0 Å². The standard InChI is InChI=1S/C22H21N3O4/c1-22(2)11-18-21(19(26)12-22)17(14-5-7-15(8-6-14)25(28)29)10-20(27)24(18)16-4-3-9-23-13-16/h3-9,13,17H,10-12H2,1-2H3. The molecule has 1 aromatic carbocycles. The average Bonchev–Trinajstić information content (AvgIpc) is 2.67. The molecule has 0 radical (unpaired) electrons. The average molecular weight is 391 g/mol. The summed E-state index contributed by atoms with van der Waals surface area (Å²) >= 11 is 0. The van der Waals surface area contributed by atoms with E-state index < -0.39 is 10.8 Å². The summed E-state index contributed by atoms with van der Waals surface area (Å²) in [6.07, 6.45) is 4.41. The maximum absolute atomic E-state index is 13.2. The Morgan fingerprint density at radius 2 is 1.86 bits per heavy atom. The van der Waals surface area contributed by atoms with E-state index >= 15 is 0 Å². The number of carbonyl (C=O) groups excluding carboxylic acids is 2. The molecule has 0 saturated heterocycles. The molecule has 2 aromatic rings. The van der Waals surface area contributed by atoms with Crippen LogP contribution in [-0.4, -0.2) is 21.6 Å². The second kappa shape index (κ2) is 6.92. The molecule has 148 valence electrons. The lowest BCUT2D eigenvalue weighted by atomic mass is 9.69. The van der Waals surface area contributed by atoms with Gasteiger partial charge in [0.2, 0.25) is 5.91 Å². The maximum Gasteiger partial charge on any atom is 0.269 e. The summed E-state index contributed by atoms with van der Waals surface area (Å²) in [5.41, 5.74) is 2.49. The molecule has 0 spiro atoms. The molecule has 2 heterocycles. The third-order valence-corrected chi connectivity index (χ3v) is 5.55.